The number of aromatic nitrogens is 6. The summed E-state index contributed by atoms with van der Waals surface area (Å²) < 4.78 is 20.1. The Balaban J connectivity index is 0.000000179. The highest BCUT2D eigenvalue weighted by molar-refractivity contribution is 7.99. The van der Waals surface area contributed by atoms with Gasteiger partial charge in [-0.25, -0.2) is 19.9 Å². The van der Waals surface area contributed by atoms with Crippen LogP contribution in [0.5, 0.6) is 23.0 Å². The number of phenols is 1. The van der Waals surface area contributed by atoms with Crippen molar-refractivity contribution in [1.82, 2.24) is 28.7 Å². The van der Waals surface area contributed by atoms with Crippen molar-refractivity contribution in [3.05, 3.63) is 73.3 Å². The fourth-order valence-electron chi connectivity index (χ4n) is 4.48. The molecule has 0 saturated heterocycles. The lowest BCUT2D eigenvalue weighted by Gasteiger charge is -2.12. The number of hydrogen-bond acceptors (Lipinski definition) is 10. The summed E-state index contributed by atoms with van der Waals surface area (Å²) in [6, 6.07) is 14.9. The zero-order valence-electron chi connectivity index (χ0n) is 25.3. The van der Waals surface area contributed by atoms with E-state index in [0.29, 0.717) is 29.7 Å². The van der Waals surface area contributed by atoms with E-state index in [1.165, 1.54) is 7.11 Å². The van der Waals surface area contributed by atoms with Gasteiger partial charge in [0.2, 0.25) is 0 Å². The minimum Gasteiger partial charge on any atom is -0.504 e. The molecule has 4 heterocycles. The van der Waals surface area contributed by atoms with Gasteiger partial charge in [0.15, 0.2) is 33.3 Å². The molecule has 0 bridgehead atoms. The van der Waals surface area contributed by atoms with Gasteiger partial charge in [0.05, 0.1) is 31.5 Å². The number of benzene rings is 2. The highest BCUT2D eigenvalue weighted by atomic mass is 35.5. The van der Waals surface area contributed by atoms with Crippen LogP contribution in [-0.4, -0.2) is 72.1 Å². The lowest BCUT2D eigenvalue weighted by molar-refractivity contribution is 0.313. The molecule has 0 saturated carbocycles. The first-order valence-corrected chi connectivity index (χ1v) is 16.7. The molecule has 0 amide bonds. The molecular weight excluding hydrogens is 632 g/mol. The quantitative estimate of drug-likeness (QED) is 0.0857. The van der Waals surface area contributed by atoms with Crippen molar-refractivity contribution in [1.29, 1.82) is 0 Å². The van der Waals surface area contributed by atoms with Crippen LogP contribution in [-0.2, 0) is 0 Å². The zero-order valence-corrected chi connectivity index (χ0v) is 27.7. The minimum absolute atomic E-state index is 0.117. The summed E-state index contributed by atoms with van der Waals surface area (Å²) in [5.74, 6) is 4.19. The van der Waals surface area contributed by atoms with Crippen LogP contribution < -0.4 is 14.2 Å². The normalized spacial score (nSPS) is 11.0. The molecule has 2 aromatic carbocycles. The molecule has 6 aromatic rings. The molecule has 0 atom stereocenters. The van der Waals surface area contributed by atoms with Gasteiger partial charge in [0.1, 0.15) is 17.9 Å². The van der Waals surface area contributed by atoms with Crippen LogP contribution >= 0.6 is 35.1 Å². The van der Waals surface area contributed by atoms with Gasteiger partial charge in [-0.3, -0.25) is 8.80 Å². The van der Waals surface area contributed by atoms with E-state index in [1.807, 2.05) is 57.6 Å². The largest absolute Gasteiger partial charge is 0.504 e. The molecular formula is C32H33ClN6O4S2. The number of imidazole rings is 2. The number of alkyl halides is 1. The van der Waals surface area contributed by atoms with Crippen molar-refractivity contribution in [3.8, 4) is 45.5 Å². The number of nitrogens with zero attached hydrogens (tertiary/aromatic N) is 6. The first kappa shape index (κ1) is 32.3. The summed E-state index contributed by atoms with van der Waals surface area (Å²) >= 11 is 9.02. The van der Waals surface area contributed by atoms with Crippen LogP contribution in [0.15, 0.2) is 83.6 Å². The average Bonchev–Trinajstić information content (AvgIpc) is 3.75. The smallest absolute Gasteiger partial charge is 0.174 e. The molecule has 0 aliphatic heterocycles. The van der Waals surface area contributed by atoms with E-state index in [1.54, 1.807) is 55.2 Å². The second-order valence-electron chi connectivity index (χ2n) is 9.31. The average molecular weight is 665 g/mol. The first-order chi connectivity index (χ1) is 22.0. The van der Waals surface area contributed by atoms with E-state index in [4.69, 9.17) is 30.8 Å². The Hall–Kier alpha value is -4.13. The third-order valence-electron chi connectivity index (χ3n) is 6.53. The highest BCUT2D eigenvalue weighted by Crippen LogP contribution is 2.34. The summed E-state index contributed by atoms with van der Waals surface area (Å²) in [4.78, 5) is 18.2. The van der Waals surface area contributed by atoms with E-state index >= 15 is 0 Å². The second-order valence-corrected chi connectivity index (χ2v) is 12.2. The Morgan fingerprint density at radius 1 is 0.733 bits per heavy atom. The zero-order chi connectivity index (χ0) is 31.8. The predicted octanol–water partition coefficient (Wildman–Crippen LogP) is 7.36. The van der Waals surface area contributed by atoms with Gasteiger partial charge in [-0.1, -0.05) is 37.4 Å². The monoisotopic (exact) mass is 664 g/mol. The number of halogens is 1. The predicted molar refractivity (Wildman–Crippen MR) is 181 cm³/mol. The topological polar surface area (TPSA) is 108 Å². The number of fused-ring (bicyclic) bond motifs is 2. The van der Waals surface area contributed by atoms with Crippen LogP contribution in [0.3, 0.4) is 0 Å². The van der Waals surface area contributed by atoms with E-state index in [9.17, 15) is 5.11 Å². The number of rotatable bonds is 11. The third kappa shape index (κ3) is 7.41. The lowest BCUT2D eigenvalue weighted by Crippen LogP contribution is -2.01. The van der Waals surface area contributed by atoms with E-state index < -0.39 is 0 Å². The van der Waals surface area contributed by atoms with E-state index in [-0.39, 0.29) is 5.75 Å². The fourth-order valence-corrected chi connectivity index (χ4v) is 5.99. The fraction of sp³-hybridized carbons (Fsp3) is 0.250. The molecule has 1 N–H and O–H groups in total. The maximum Gasteiger partial charge on any atom is 0.174 e. The third-order valence-corrected chi connectivity index (χ3v) is 8.36. The Bertz CT molecular complexity index is 1900. The van der Waals surface area contributed by atoms with Crippen molar-refractivity contribution in [2.45, 2.75) is 24.2 Å². The van der Waals surface area contributed by atoms with Gasteiger partial charge >= 0.3 is 0 Å². The maximum atomic E-state index is 9.69. The standard InChI is InChI=1S/C17H18ClN3O2S.C15H15N3O2S/c1-3-24-17-20-13(11-16-19-7-8-21(16)17)12-4-5-14(23-9-6-18)15(10-12)22-2;1-3-21-15-17-11(9-14-16-6-7-18(14)15)10-4-5-12(19)13(8-10)20-2/h4-5,7-8,10-11H,3,6,9H2,1-2H3;4-9,19H,3H2,1-2H3. The lowest BCUT2D eigenvalue weighted by atomic mass is 10.1. The van der Waals surface area contributed by atoms with Crippen LogP contribution in [0.1, 0.15) is 13.8 Å². The second kappa shape index (κ2) is 15.2. The molecule has 10 nitrogen and oxygen atoms in total. The maximum absolute atomic E-state index is 9.69. The molecule has 0 radical (unpaired) electrons. The molecule has 13 heteroatoms. The van der Waals surface area contributed by atoms with Crippen molar-refractivity contribution in [2.24, 2.45) is 0 Å². The number of aromatic hydroxyl groups is 1. The van der Waals surface area contributed by atoms with E-state index in [2.05, 4.69) is 28.8 Å². The Morgan fingerprint density at radius 2 is 1.27 bits per heavy atom. The highest BCUT2D eigenvalue weighted by Gasteiger charge is 2.13. The number of hydrogen-bond donors (Lipinski definition) is 1. The molecule has 45 heavy (non-hydrogen) atoms. The molecule has 4 aromatic heterocycles. The summed E-state index contributed by atoms with van der Waals surface area (Å²) in [7, 11) is 3.15. The minimum atomic E-state index is 0.117. The van der Waals surface area contributed by atoms with Crippen molar-refractivity contribution in [2.75, 3.05) is 38.2 Å². The molecule has 0 aliphatic carbocycles. The van der Waals surface area contributed by atoms with Crippen molar-refractivity contribution < 1.29 is 19.3 Å². The number of thioether (sulfide) groups is 2. The summed E-state index contributed by atoms with van der Waals surface area (Å²) in [5, 5.41) is 11.5. The SMILES string of the molecule is CCSc1nc(-c2ccc(O)c(OC)c2)cc2nccn12.CCSc1nc(-c2ccc(OCCCl)c(OC)c2)cc2nccn12. The van der Waals surface area contributed by atoms with Gasteiger partial charge in [0, 0.05) is 48.0 Å². The number of phenolic OH excluding ortho intramolecular Hbond substituents is 1. The van der Waals surface area contributed by atoms with Gasteiger partial charge in [0.25, 0.3) is 0 Å². The number of ether oxygens (including phenoxy) is 3. The molecule has 0 fully saturated rings. The van der Waals surface area contributed by atoms with Crippen LogP contribution in [0, 0.1) is 0 Å². The molecule has 0 spiro atoms. The van der Waals surface area contributed by atoms with Crippen molar-refractivity contribution >= 4 is 46.4 Å². The molecule has 0 aliphatic rings. The molecule has 0 unspecified atom stereocenters. The first-order valence-electron chi connectivity index (χ1n) is 14.2. The van der Waals surface area contributed by atoms with Crippen molar-refractivity contribution in [3.63, 3.8) is 0 Å². The van der Waals surface area contributed by atoms with Crippen LogP contribution in [0.2, 0.25) is 0 Å². The van der Waals surface area contributed by atoms with Crippen LogP contribution in [0.25, 0.3) is 33.8 Å². The Labute approximate surface area is 274 Å². The summed E-state index contributed by atoms with van der Waals surface area (Å²) in [5.41, 5.74) is 5.22. The van der Waals surface area contributed by atoms with Gasteiger partial charge in [-0.05, 0) is 47.9 Å². The molecule has 234 valence electrons. The summed E-state index contributed by atoms with van der Waals surface area (Å²) in [6.07, 6.45) is 7.37. The van der Waals surface area contributed by atoms with E-state index in [0.717, 1.165) is 55.6 Å². The Morgan fingerprint density at radius 3 is 1.78 bits per heavy atom. The van der Waals surface area contributed by atoms with Gasteiger partial charge < -0.3 is 19.3 Å². The van der Waals surface area contributed by atoms with Gasteiger partial charge in [-0.15, -0.1) is 11.6 Å². The Kier molecular flexibility index (Phi) is 10.9. The number of methoxy groups -OCH3 is 2. The van der Waals surface area contributed by atoms with Crippen LogP contribution in [0.4, 0.5) is 0 Å². The summed E-state index contributed by atoms with van der Waals surface area (Å²) in [6.45, 7) is 4.63. The molecule has 6 rings (SSSR count). The van der Waals surface area contributed by atoms with Gasteiger partial charge in [-0.2, -0.15) is 0 Å².